The second kappa shape index (κ2) is 7.11. The minimum atomic E-state index is -1.12. The van der Waals surface area contributed by atoms with Crippen molar-refractivity contribution in [1.82, 2.24) is 9.78 Å². The van der Waals surface area contributed by atoms with E-state index in [0.717, 1.165) is 11.3 Å². The quantitative estimate of drug-likeness (QED) is 0.828. The molecule has 2 N–H and O–H groups in total. The van der Waals surface area contributed by atoms with Gasteiger partial charge in [-0.15, -0.1) is 0 Å². The van der Waals surface area contributed by atoms with Gasteiger partial charge in [0.15, 0.2) is 11.9 Å². The van der Waals surface area contributed by atoms with Gasteiger partial charge < -0.3 is 19.7 Å². The number of carboxylic acid groups (broad SMARTS) is 1. The Morgan fingerprint density at radius 3 is 2.54 bits per heavy atom. The summed E-state index contributed by atoms with van der Waals surface area (Å²) in [6, 6.07) is 2.95. The van der Waals surface area contributed by atoms with E-state index in [9.17, 15) is 9.90 Å². The molecule has 1 heterocycles. The molecule has 0 spiro atoms. The lowest BCUT2D eigenvalue weighted by molar-refractivity contribution is -0.144. The highest BCUT2D eigenvalue weighted by molar-refractivity contribution is 6.32. The molecule has 0 saturated heterocycles. The molecule has 0 aliphatic rings. The Balaban J connectivity index is 2.41. The summed E-state index contributed by atoms with van der Waals surface area (Å²) in [5.41, 5.74) is 2.06. The van der Waals surface area contributed by atoms with Crippen molar-refractivity contribution in [2.24, 2.45) is 7.05 Å². The molecule has 0 bridgehead atoms. The molecule has 0 unspecified atom stereocenters. The van der Waals surface area contributed by atoms with Gasteiger partial charge in [-0.25, -0.2) is 9.48 Å². The van der Waals surface area contributed by atoms with Crippen molar-refractivity contribution in [3.8, 4) is 17.4 Å². The van der Waals surface area contributed by atoms with Gasteiger partial charge >= 0.3 is 5.97 Å². The highest BCUT2D eigenvalue weighted by Gasteiger charge is 2.19. The molecule has 2 aromatic rings. The number of hydrogen-bond donors (Lipinski definition) is 2. The highest BCUT2D eigenvalue weighted by Crippen LogP contribution is 2.37. The number of aliphatic carboxylic acids is 1. The SMILES string of the molecule is Cc1nn(C)c(Oc2cc(O[C@@H](C)C(=O)O)c(CO)cc2Cl)c1C. The van der Waals surface area contributed by atoms with Gasteiger partial charge in [-0.05, 0) is 26.8 Å². The van der Waals surface area contributed by atoms with Gasteiger partial charge in [-0.3, -0.25) is 0 Å². The van der Waals surface area contributed by atoms with Gasteiger partial charge in [-0.1, -0.05) is 11.6 Å². The predicted octanol–water partition coefficient (Wildman–Crippen LogP) is 2.83. The number of rotatable bonds is 6. The minimum Gasteiger partial charge on any atom is -0.479 e. The zero-order valence-corrected chi connectivity index (χ0v) is 14.6. The van der Waals surface area contributed by atoms with Crippen molar-refractivity contribution in [2.45, 2.75) is 33.5 Å². The van der Waals surface area contributed by atoms with Crippen molar-refractivity contribution in [1.29, 1.82) is 0 Å². The lowest BCUT2D eigenvalue weighted by Crippen LogP contribution is -2.23. The Morgan fingerprint density at radius 1 is 1.38 bits per heavy atom. The summed E-state index contributed by atoms with van der Waals surface area (Å²) in [5, 5.41) is 22.9. The average molecular weight is 355 g/mol. The van der Waals surface area contributed by atoms with Gasteiger partial charge in [0.1, 0.15) is 5.75 Å². The van der Waals surface area contributed by atoms with Crippen LogP contribution in [0.4, 0.5) is 0 Å². The van der Waals surface area contributed by atoms with Crippen LogP contribution in [0.3, 0.4) is 0 Å². The van der Waals surface area contributed by atoms with E-state index in [-0.39, 0.29) is 23.1 Å². The number of halogens is 1. The normalized spacial score (nSPS) is 12.1. The first kappa shape index (κ1) is 18.1. The molecule has 24 heavy (non-hydrogen) atoms. The Bertz CT molecular complexity index is 772. The largest absolute Gasteiger partial charge is 0.479 e. The van der Waals surface area contributed by atoms with Crippen molar-refractivity contribution in [3.05, 3.63) is 34.0 Å². The maximum atomic E-state index is 11.0. The van der Waals surface area contributed by atoms with E-state index in [1.165, 1.54) is 19.1 Å². The number of aryl methyl sites for hydroxylation is 2. The van der Waals surface area contributed by atoms with Crippen LogP contribution in [-0.2, 0) is 18.4 Å². The number of carbonyl (C=O) groups is 1. The lowest BCUT2D eigenvalue weighted by Gasteiger charge is -2.16. The first-order chi connectivity index (χ1) is 11.2. The molecule has 0 saturated carbocycles. The number of carboxylic acids is 1. The molecule has 1 aromatic heterocycles. The molecule has 0 amide bonds. The van der Waals surface area contributed by atoms with E-state index in [4.69, 9.17) is 26.2 Å². The van der Waals surface area contributed by atoms with Crippen LogP contribution in [0.1, 0.15) is 23.7 Å². The van der Waals surface area contributed by atoms with Gasteiger partial charge in [0.25, 0.3) is 0 Å². The molecule has 0 radical (unpaired) electrons. The summed E-state index contributed by atoms with van der Waals surface area (Å²) in [7, 11) is 1.75. The van der Waals surface area contributed by atoms with E-state index in [1.807, 2.05) is 13.8 Å². The number of benzene rings is 1. The van der Waals surface area contributed by atoms with Crippen LogP contribution in [0.5, 0.6) is 17.4 Å². The second-order valence-corrected chi connectivity index (χ2v) is 5.80. The summed E-state index contributed by atoms with van der Waals surface area (Å²) in [6.07, 6.45) is -1.08. The molecular formula is C16H19ClN2O5. The number of aliphatic hydroxyl groups is 1. The van der Waals surface area contributed by atoms with Crippen molar-refractivity contribution in [2.75, 3.05) is 0 Å². The summed E-state index contributed by atoms with van der Waals surface area (Å²) in [4.78, 5) is 11.0. The van der Waals surface area contributed by atoms with Crippen LogP contribution in [0, 0.1) is 13.8 Å². The number of aliphatic hydroxyl groups excluding tert-OH is 1. The smallest absolute Gasteiger partial charge is 0.344 e. The standard InChI is InChI=1S/C16H19ClN2O5/c1-8-9(2)18-19(4)15(8)24-14-6-13(23-10(3)16(21)22)11(7-20)5-12(14)17/h5-6,10,20H,7H2,1-4H3,(H,21,22)/t10-/m0/s1. The molecular weight excluding hydrogens is 336 g/mol. The fraction of sp³-hybridized carbons (Fsp3) is 0.375. The maximum absolute atomic E-state index is 11.0. The van der Waals surface area contributed by atoms with Crippen molar-refractivity contribution >= 4 is 17.6 Å². The minimum absolute atomic E-state index is 0.198. The van der Waals surface area contributed by atoms with Crippen LogP contribution >= 0.6 is 11.6 Å². The van der Waals surface area contributed by atoms with Gasteiger partial charge in [0, 0.05) is 24.2 Å². The maximum Gasteiger partial charge on any atom is 0.344 e. The Morgan fingerprint density at radius 2 is 2.04 bits per heavy atom. The van der Waals surface area contributed by atoms with Crippen LogP contribution < -0.4 is 9.47 Å². The van der Waals surface area contributed by atoms with Gasteiger partial charge in [0.2, 0.25) is 5.88 Å². The first-order valence-corrected chi connectivity index (χ1v) is 7.63. The molecule has 0 aliphatic carbocycles. The van der Waals surface area contributed by atoms with E-state index < -0.39 is 12.1 Å². The van der Waals surface area contributed by atoms with Crippen LogP contribution in [0.15, 0.2) is 12.1 Å². The average Bonchev–Trinajstić information content (AvgIpc) is 2.76. The van der Waals surface area contributed by atoms with E-state index in [0.29, 0.717) is 11.4 Å². The molecule has 1 aromatic carbocycles. The summed E-state index contributed by atoms with van der Waals surface area (Å²) >= 11 is 6.20. The van der Waals surface area contributed by atoms with Crippen molar-refractivity contribution in [3.63, 3.8) is 0 Å². The van der Waals surface area contributed by atoms with Crippen LogP contribution in [0.2, 0.25) is 5.02 Å². The van der Waals surface area contributed by atoms with Crippen LogP contribution in [0.25, 0.3) is 0 Å². The molecule has 8 heteroatoms. The molecule has 0 fully saturated rings. The monoisotopic (exact) mass is 354 g/mol. The fourth-order valence-corrected chi connectivity index (χ4v) is 2.34. The summed E-state index contributed by atoms with van der Waals surface area (Å²) < 4.78 is 12.8. The highest BCUT2D eigenvalue weighted by atomic mass is 35.5. The van der Waals surface area contributed by atoms with Gasteiger partial charge in [-0.2, -0.15) is 5.10 Å². The summed E-state index contributed by atoms with van der Waals surface area (Å²) in [6.45, 7) is 4.79. The lowest BCUT2D eigenvalue weighted by atomic mass is 10.2. The third kappa shape index (κ3) is 3.63. The third-order valence-electron chi connectivity index (χ3n) is 3.60. The van der Waals surface area contributed by atoms with Crippen LogP contribution in [-0.4, -0.2) is 32.1 Å². The Labute approximate surface area is 144 Å². The zero-order chi connectivity index (χ0) is 18.0. The molecule has 2 rings (SSSR count). The molecule has 1 atom stereocenters. The summed E-state index contributed by atoms with van der Waals surface area (Å²) in [5.74, 6) is -0.117. The van der Waals surface area contributed by atoms with E-state index >= 15 is 0 Å². The Hall–Kier alpha value is -2.25. The fourth-order valence-electron chi connectivity index (χ4n) is 2.12. The van der Waals surface area contributed by atoms with Gasteiger partial charge in [0.05, 0.1) is 17.3 Å². The number of aromatic nitrogens is 2. The number of ether oxygens (including phenoxy) is 2. The second-order valence-electron chi connectivity index (χ2n) is 5.39. The number of hydrogen-bond acceptors (Lipinski definition) is 5. The molecule has 0 aliphatic heterocycles. The van der Waals surface area contributed by atoms with E-state index in [2.05, 4.69) is 5.10 Å². The molecule has 130 valence electrons. The third-order valence-corrected chi connectivity index (χ3v) is 3.90. The first-order valence-electron chi connectivity index (χ1n) is 7.25. The topological polar surface area (TPSA) is 93.8 Å². The molecule has 7 nitrogen and oxygen atoms in total. The van der Waals surface area contributed by atoms with E-state index in [1.54, 1.807) is 11.7 Å². The Kier molecular flexibility index (Phi) is 5.36. The predicted molar refractivity (Wildman–Crippen MR) is 87.9 cm³/mol. The zero-order valence-electron chi connectivity index (χ0n) is 13.8. The van der Waals surface area contributed by atoms with Crippen molar-refractivity contribution < 1.29 is 24.5 Å². The number of nitrogens with zero attached hydrogens (tertiary/aromatic N) is 2.